The van der Waals surface area contributed by atoms with Gasteiger partial charge in [0.15, 0.2) is 0 Å². The first-order valence-electron chi connectivity index (χ1n) is 13.1. The average molecular weight is 535 g/mol. The molecule has 1 aliphatic carbocycles. The van der Waals surface area contributed by atoms with E-state index in [1.807, 2.05) is 10.9 Å². The van der Waals surface area contributed by atoms with Crippen LogP contribution in [0.25, 0.3) is 0 Å². The second-order valence-corrected chi connectivity index (χ2v) is 10.3. The van der Waals surface area contributed by atoms with Gasteiger partial charge >= 0.3 is 0 Å². The Kier molecular flexibility index (Phi) is 6.24. The van der Waals surface area contributed by atoms with E-state index in [-0.39, 0.29) is 54.1 Å². The van der Waals surface area contributed by atoms with Crippen molar-refractivity contribution >= 4 is 35.2 Å². The maximum Gasteiger partial charge on any atom is 0.264 e. The normalized spacial score (nSPS) is 23.4. The molecule has 1 aromatic carbocycles. The van der Waals surface area contributed by atoms with E-state index in [1.54, 1.807) is 29.3 Å². The average Bonchev–Trinajstić information content (AvgIpc) is 3.49. The van der Waals surface area contributed by atoms with Crippen LogP contribution in [0.5, 0.6) is 0 Å². The van der Waals surface area contributed by atoms with Crippen molar-refractivity contribution in [3.8, 4) is 0 Å². The number of amides is 5. The number of nitrogens with zero attached hydrogens (tertiary/aromatic N) is 4. The van der Waals surface area contributed by atoms with Gasteiger partial charge in [0, 0.05) is 49.9 Å². The zero-order chi connectivity index (χ0) is 27.3. The summed E-state index contributed by atoms with van der Waals surface area (Å²) < 4.78 is 14.9. The molecule has 2 aromatic rings. The standard InChI is InChI=1S/C27H27FN6O5/c28-17-10-16(11-17)25(37)32-8-6-18(7-9-32)33-14-15(13-30-33)12-29-20-3-1-2-19-23(20)27(39)34(26(19)38)21-4-5-22(35)31-24(21)36/h1-3,10,13-14,16,18,21,29H,4-9,11-12H2,(H,31,35,36). The fourth-order valence-electron chi connectivity index (χ4n) is 5.67. The second-order valence-electron chi connectivity index (χ2n) is 10.3. The Morgan fingerprint density at radius 3 is 2.59 bits per heavy atom. The van der Waals surface area contributed by atoms with Crippen LogP contribution in [0.1, 0.15) is 64.4 Å². The number of piperidine rings is 2. The topological polar surface area (TPSA) is 134 Å². The van der Waals surface area contributed by atoms with E-state index in [0.717, 1.165) is 23.3 Å². The largest absolute Gasteiger partial charge is 0.380 e. The first-order chi connectivity index (χ1) is 18.8. The molecule has 1 aromatic heterocycles. The van der Waals surface area contributed by atoms with Crippen molar-refractivity contribution in [2.75, 3.05) is 18.4 Å². The van der Waals surface area contributed by atoms with Crippen molar-refractivity contribution < 1.29 is 28.4 Å². The minimum atomic E-state index is -1.02. The van der Waals surface area contributed by atoms with Gasteiger partial charge in [-0.1, -0.05) is 6.07 Å². The first-order valence-corrected chi connectivity index (χ1v) is 13.1. The van der Waals surface area contributed by atoms with E-state index in [0.29, 0.717) is 25.3 Å². The predicted molar refractivity (Wildman–Crippen MR) is 135 cm³/mol. The molecule has 39 heavy (non-hydrogen) atoms. The number of benzene rings is 1. The van der Waals surface area contributed by atoms with Gasteiger partial charge < -0.3 is 10.2 Å². The molecule has 12 heteroatoms. The Bertz CT molecular complexity index is 1430. The number of anilines is 1. The Morgan fingerprint density at radius 2 is 1.87 bits per heavy atom. The van der Waals surface area contributed by atoms with Crippen LogP contribution in [0.3, 0.4) is 0 Å². The first kappa shape index (κ1) is 25.0. The molecule has 2 saturated heterocycles. The van der Waals surface area contributed by atoms with Gasteiger partial charge in [0.2, 0.25) is 17.7 Å². The van der Waals surface area contributed by atoms with E-state index >= 15 is 0 Å². The number of likely N-dealkylation sites (tertiary alicyclic amines) is 1. The Balaban J connectivity index is 1.09. The van der Waals surface area contributed by atoms with Crippen LogP contribution in [-0.2, 0) is 20.9 Å². The highest BCUT2D eigenvalue weighted by atomic mass is 19.1. The Hall–Kier alpha value is -4.35. The molecule has 0 bridgehead atoms. The molecule has 4 aliphatic rings. The summed E-state index contributed by atoms with van der Waals surface area (Å²) >= 11 is 0. The number of aromatic nitrogens is 2. The van der Waals surface area contributed by atoms with E-state index in [4.69, 9.17) is 0 Å². The van der Waals surface area contributed by atoms with Gasteiger partial charge in [-0.05, 0) is 37.5 Å². The van der Waals surface area contributed by atoms with Crippen LogP contribution in [0.4, 0.5) is 10.1 Å². The number of hydrogen-bond donors (Lipinski definition) is 2. The minimum Gasteiger partial charge on any atom is -0.380 e. The third-order valence-corrected chi connectivity index (χ3v) is 7.87. The fourth-order valence-corrected chi connectivity index (χ4v) is 5.67. The summed E-state index contributed by atoms with van der Waals surface area (Å²) in [6.07, 6.45) is 6.90. The molecule has 0 spiro atoms. The minimum absolute atomic E-state index is 0.0141. The molecule has 4 heterocycles. The molecule has 0 saturated carbocycles. The molecule has 2 unspecified atom stereocenters. The SMILES string of the molecule is O=C1CCC(N2C(=O)c3cccc(NCc4cnn(C5CCN(C(=O)C6C=C(F)C6)CC5)c4)c3C2=O)C(=O)N1. The molecule has 5 amide bonds. The van der Waals surface area contributed by atoms with Crippen LogP contribution >= 0.6 is 0 Å². The monoisotopic (exact) mass is 534 g/mol. The molecule has 202 valence electrons. The number of carbonyl (C=O) groups excluding carboxylic acids is 5. The van der Waals surface area contributed by atoms with Crippen LogP contribution in [-0.4, -0.2) is 68.2 Å². The Labute approximate surface area is 223 Å². The number of nitrogens with one attached hydrogen (secondary N) is 2. The smallest absolute Gasteiger partial charge is 0.264 e. The highest BCUT2D eigenvalue weighted by Crippen LogP contribution is 2.33. The molecule has 2 atom stereocenters. The number of fused-ring (bicyclic) bond motifs is 1. The number of rotatable bonds is 6. The highest BCUT2D eigenvalue weighted by Gasteiger charge is 2.45. The fraction of sp³-hybridized carbons (Fsp3) is 0.407. The van der Waals surface area contributed by atoms with Crippen molar-refractivity contribution in [2.24, 2.45) is 5.92 Å². The molecule has 3 aliphatic heterocycles. The summed E-state index contributed by atoms with van der Waals surface area (Å²) in [7, 11) is 0. The lowest BCUT2D eigenvalue weighted by molar-refractivity contribution is -0.137. The van der Waals surface area contributed by atoms with Crippen LogP contribution < -0.4 is 10.6 Å². The lowest BCUT2D eigenvalue weighted by Crippen LogP contribution is -2.54. The van der Waals surface area contributed by atoms with E-state index < -0.39 is 29.7 Å². The van der Waals surface area contributed by atoms with E-state index in [1.165, 1.54) is 6.08 Å². The van der Waals surface area contributed by atoms with Crippen molar-refractivity contribution in [1.29, 1.82) is 0 Å². The van der Waals surface area contributed by atoms with Gasteiger partial charge in [-0.15, -0.1) is 0 Å². The lowest BCUT2D eigenvalue weighted by atomic mass is 9.91. The maximum absolute atomic E-state index is 13.3. The zero-order valence-corrected chi connectivity index (χ0v) is 21.1. The highest BCUT2D eigenvalue weighted by molar-refractivity contribution is 6.25. The summed E-state index contributed by atoms with van der Waals surface area (Å²) in [6, 6.07) is 4.05. The van der Waals surface area contributed by atoms with Crippen LogP contribution in [0, 0.1) is 5.92 Å². The zero-order valence-electron chi connectivity index (χ0n) is 21.1. The van der Waals surface area contributed by atoms with Crippen molar-refractivity contribution in [2.45, 2.75) is 50.7 Å². The molecule has 11 nitrogen and oxygen atoms in total. The van der Waals surface area contributed by atoms with E-state index in [2.05, 4.69) is 15.7 Å². The predicted octanol–water partition coefficient (Wildman–Crippen LogP) is 1.93. The Morgan fingerprint density at radius 1 is 1.10 bits per heavy atom. The molecule has 2 N–H and O–H groups in total. The number of imide groups is 2. The number of carbonyl (C=O) groups is 5. The quantitative estimate of drug-likeness (QED) is 0.541. The lowest BCUT2D eigenvalue weighted by Gasteiger charge is -2.35. The summed E-state index contributed by atoms with van der Waals surface area (Å²) in [6.45, 7) is 1.55. The maximum atomic E-state index is 13.3. The van der Waals surface area contributed by atoms with Gasteiger partial charge in [-0.3, -0.25) is 38.9 Å². The summed E-state index contributed by atoms with van der Waals surface area (Å²) in [5, 5.41) is 9.92. The van der Waals surface area contributed by atoms with Gasteiger partial charge in [0.05, 0.1) is 35.1 Å². The summed E-state index contributed by atoms with van der Waals surface area (Å²) in [5.41, 5.74) is 1.77. The van der Waals surface area contributed by atoms with Crippen molar-refractivity contribution in [3.05, 3.63) is 59.2 Å². The number of allylic oxidation sites excluding steroid dienone is 1. The third-order valence-electron chi connectivity index (χ3n) is 7.87. The molecule has 6 rings (SSSR count). The van der Waals surface area contributed by atoms with Crippen molar-refractivity contribution in [3.63, 3.8) is 0 Å². The summed E-state index contributed by atoms with van der Waals surface area (Å²) in [5.74, 6) is -2.75. The van der Waals surface area contributed by atoms with Gasteiger partial charge in [-0.25, -0.2) is 4.39 Å². The summed E-state index contributed by atoms with van der Waals surface area (Å²) in [4.78, 5) is 65.3. The van der Waals surface area contributed by atoms with Crippen LogP contribution in [0.15, 0.2) is 42.5 Å². The van der Waals surface area contributed by atoms with E-state index in [9.17, 15) is 28.4 Å². The molecular weight excluding hydrogens is 507 g/mol. The number of halogens is 1. The molecule has 2 fully saturated rings. The van der Waals surface area contributed by atoms with Gasteiger partial charge in [-0.2, -0.15) is 5.10 Å². The third kappa shape index (κ3) is 4.49. The number of hydrogen-bond acceptors (Lipinski definition) is 7. The molecular formula is C27H27FN6O5. The molecule has 0 radical (unpaired) electrons. The van der Waals surface area contributed by atoms with Gasteiger partial charge in [0.25, 0.3) is 11.8 Å². The van der Waals surface area contributed by atoms with Crippen molar-refractivity contribution in [1.82, 2.24) is 24.9 Å². The van der Waals surface area contributed by atoms with Gasteiger partial charge in [0.1, 0.15) is 6.04 Å². The second kappa shape index (κ2) is 9.75. The van der Waals surface area contributed by atoms with Crippen LogP contribution in [0.2, 0.25) is 0 Å².